The highest BCUT2D eigenvalue weighted by atomic mass is 35.5. The van der Waals surface area contributed by atoms with E-state index in [9.17, 15) is 9.90 Å². The number of hydrogen-bond acceptors (Lipinski definition) is 4. The molecule has 110 valence electrons. The first kappa shape index (κ1) is 15.9. The maximum absolute atomic E-state index is 12.0. The van der Waals surface area contributed by atoms with Gasteiger partial charge < -0.3 is 15.6 Å². The van der Waals surface area contributed by atoms with Gasteiger partial charge in [-0.3, -0.25) is 0 Å². The van der Waals surface area contributed by atoms with Crippen molar-refractivity contribution in [3.63, 3.8) is 0 Å². The second-order valence-electron chi connectivity index (χ2n) is 4.19. The highest BCUT2D eigenvalue weighted by Gasteiger charge is 2.21. The molecule has 4 nitrogen and oxygen atoms in total. The van der Waals surface area contributed by atoms with Gasteiger partial charge in [0.05, 0.1) is 10.0 Å². The third-order valence-electron chi connectivity index (χ3n) is 2.67. The van der Waals surface area contributed by atoms with Crippen LogP contribution in [-0.4, -0.2) is 11.1 Å². The molecule has 0 radical (unpaired) electrons. The number of halogens is 3. The van der Waals surface area contributed by atoms with E-state index in [0.717, 1.165) is 0 Å². The third-order valence-corrected chi connectivity index (χ3v) is 3.45. The van der Waals surface area contributed by atoms with Crippen molar-refractivity contribution < 1.29 is 14.6 Å². The molecule has 0 bridgehead atoms. The number of phenols is 1. The first-order valence-electron chi connectivity index (χ1n) is 5.79. The van der Waals surface area contributed by atoms with Crippen molar-refractivity contribution >= 4 is 40.8 Å². The van der Waals surface area contributed by atoms with E-state index < -0.39 is 12.0 Å². The number of aromatic hydroxyl groups is 1. The molecule has 0 saturated heterocycles. The zero-order valence-corrected chi connectivity index (χ0v) is 12.8. The van der Waals surface area contributed by atoms with E-state index in [1.165, 1.54) is 36.4 Å². The van der Waals surface area contributed by atoms with Gasteiger partial charge in [-0.15, -0.1) is 0 Å². The summed E-state index contributed by atoms with van der Waals surface area (Å²) in [6.45, 7) is 0. The van der Waals surface area contributed by atoms with Crippen molar-refractivity contribution in [2.45, 2.75) is 6.04 Å². The minimum absolute atomic E-state index is 0.00182. The van der Waals surface area contributed by atoms with E-state index in [1.807, 2.05) is 0 Å². The van der Waals surface area contributed by atoms with Crippen LogP contribution in [-0.2, 0) is 4.79 Å². The van der Waals surface area contributed by atoms with Gasteiger partial charge in [0.25, 0.3) is 0 Å². The Bertz CT molecular complexity index is 651. The van der Waals surface area contributed by atoms with Gasteiger partial charge in [-0.2, -0.15) is 0 Å². The second-order valence-corrected chi connectivity index (χ2v) is 5.44. The fourth-order valence-corrected chi connectivity index (χ4v) is 2.50. The zero-order chi connectivity index (χ0) is 15.6. The largest absolute Gasteiger partial charge is 0.508 e. The molecule has 0 aliphatic heterocycles. The average molecular weight is 347 g/mol. The van der Waals surface area contributed by atoms with Gasteiger partial charge in [0.1, 0.15) is 11.8 Å². The Kier molecular flexibility index (Phi) is 4.96. The summed E-state index contributed by atoms with van der Waals surface area (Å²) in [6.07, 6.45) is 0. The van der Waals surface area contributed by atoms with Crippen LogP contribution < -0.4 is 10.5 Å². The monoisotopic (exact) mass is 345 g/mol. The number of rotatable bonds is 3. The molecule has 2 aromatic carbocycles. The molecule has 1 atom stereocenters. The summed E-state index contributed by atoms with van der Waals surface area (Å²) in [5.41, 5.74) is 6.28. The van der Waals surface area contributed by atoms with Crippen LogP contribution in [0.4, 0.5) is 0 Å². The maximum atomic E-state index is 12.0. The number of esters is 1. The third kappa shape index (κ3) is 3.80. The summed E-state index contributed by atoms with van der Waals surface area (Å²) in [5, 5.41) is 9.75. The summed E-state index contributed by atoms with van der Waals surface area (Å²) in [5.74, 6) is -0.656. The number of nitrogens with two attached hydrogens (primary N) is 1. The summed E-state index contributed by atoms with van der Waals surface area (Å²) in [7, 11) is 0. The first-order valence-corrected chi connectivity index (χ1v) is 6.92. The quantitative estimate of drug-likeness (QED) is 0.652. The van der Waals surface area contributed by atoms with Crippen molar-refractivity contribution in [2.24, 2.45) is 5.73 Å². The first-order chi connectivity index (χ1) is 9.88. The van der Waals surface area contributed by atoms with Crippen LogP contribution in [0.25, 0.3) is 0 Å². The molecular formula is C14H10Cl3NO3. The molecule has 7 heteroatoms. The fraction of sp³-hybridized carbons (Fsp3) is 0.0714. The van der Waals surface area contributed by atoms with Crippen molar-refractivity contribution in [3.8, 4) is 11.5 Å². The lowest BCUT2D eigenvalue weighted by Gasteiger charge is -2.13. The van der Waals surface area contributed by atoms with E-state index in [4.69, 9.17) is 45.3 Å². The van der Waals surface area contributed by atoms with Gasteiger partial charge in [-0.05, 0) is 29.8 Å². The minimum Gasteiger partial charge on any atom is -0.508 e. The van der Waals surface area contributed by atoms with Crippen LogP contribution in [0, 0.1) is 0 Å². The lowest BCUT2D eigenvalue weighted by Crippen LogP contribution is -2.26. The summed E-state index contributed by atoms with van der Waals surface area (Å²) in [4.78, 5) is 12.0. The van der Waals surface area contributed by atoms with Crippen LogP contribution in [0.3, 0.4) is 0 Å². The smallest absolute Gasteiger partial charge is 0.333 e. The summed E-state index contributed by atoms with van der Waals surface area (Å²) >= 11 is 17.6. The fourth-order valence-electron chi connectivity index (χ4n) is 1.61. The Morgan fingerprint density at radius 3 is 2.14 bits per heavy atom. The molecule has 0 heterocycles. The highest BCUT2D eigenvalue weighted by Crippen LogP contribution is 2.36. The number of phenolic OH excluding ortho intramolecular Hbond substituents is 1. The Labute approximate surface area is 136 Å². The molecule has 21 heavy (non-hydrogen) atoms. The normalized spacial score (nSPS) is 12.0. The van der Waals surface area contributed by atoms with Gasteiger partial charge in [0.15, 0.2) is 5.75 Å². The Morgan fingerprint density at radius 2 is 1.62 bits per heavy atom. The summed E-state index contributed by atoms with van der Waals surface area (Å²) < 4.78 is 5.13. The van der Waals surface area contributed by atoms with Crippen molar-refractivity contribution in [1.82, 2.24) is 0 Å². The lowest BCUT2D eigenvalue weighted by molar-refractivity contribution is -0.136. The molecule has 2 aromatic rings. The molecule has 2 rings (SSSR count). The van der Waals surface area contributed by atoms with E-state index in [2.05, 4.69) is 0 Å². The maximum Gasteiger partial charge on any atom is 0.333 e. The number of carbonyl (C=O) groups is 1. The second kappa shape index (κ2) is 6.54. The van der Waals surface area contributed by atoms with Gasteiger partial charge in [-0.1, -0.05) is 46.9 Å². The van der Waals surface area contributed by atoms with Crippen LogP contribution in [0.2, 0.25) is 15.1 Å². The van der Waals surface area contributed by atoms with Crippen molar-refractivity contribution in [3.05, 3.63) is 57.0 Å². The molecule has 0 saturated carbocycles. The lowest BCUT2D eigenvalue weighted by atomic mass is 10.1. The van der Waals surface area contributed by atoms with Gasteiger partial charge in [0, 0.05) is 5.02 Å². The molecule has 0 aliphatic rings. The molecule has 0 fully saturated rings. The average Bonchev–Trinajstić information content (AvgIpc) is 2.42. The Balaban J connectivity index is 2.20. The Morgan fingerprint density at radius 1 is 1.10 bits per heavy atom. The number of carbonyl (C=O) groups excluding carboxylic acids is 1. The number of ether oxygens (including phenoxy) is 1. The van der Waals surface area contributed by atoms with Gasteiger partial charge >= 0.3 is 5.97 Å². The Hall–Kier alpha value is -1.46. The number of hydrogen-bond donors (Lipinski definition) is 2. The van der Waals surface area contributed by atoms with E-state index in [0.29, 0.717) is 10.6 Å². The van der Waals surface area contributed by atoms with E-state index >= 15 is 0 Å². The van der Waals surface area contributed by atoms with Crippen LogP contribution in [0.1, 0.15) is 11.6 Å². The van der Waals surface area contributed by atoms with Crippen molar-refractivity contribution in [1.29, 1.82) is 0 Å². The molecular weight excluding hydrogens is 337 g/mol. The van der Waals surface area contributed by atoms with Crippen LogP contribution >= 0.6 is 34.8 Å². The van der Waals surface area contributed by atoms with Gasteiger partial charge in [-0.25, -0.2) is 4.79 Å². The summed E-state index contributed by atoms with van der Waals surface area (Å²) in [6, 6.07) is 7.66. The van der Waals surface area contributed by atoms with Gasteiger partial charge in [0.2, 0.25) is 0 Å². The van der Waals surface area contributed by atoms with Crippen molar-refractivity contribution in [2.75, 3.05) is 0 Å². The molecule has 0 aliphatic carbocycles. The van der Waals surface area contributed by atoms with Crippen LogP contribution in [0.5, 0.6) is 11.5 Å². The zero-order valence-electron chi connectivity index (χ0n) is 10.5. The van der Waals surface area contributed by atoms with E-state index in [1.54, 1.807) is 0 Å². The molecule has 0 unspecified atom stereocenters. The highest BCUT2D eigenvalue weighted by molar-refractivity contribution is 6.40. The molecule has 0 spiro atoms. The molecule has 0 amide bonds. The molecule has 0 aromatic heterocycles. The molecule has 3 N–H and O–H groups in total. The topological polar surface area (TPSA) is 72.6 Å². The number of benzene rings is 2. The van der Waals surface area contributed by atoms with Crippen LogP contribution in [0.15, 0.2) is 36.4 Å². The minimum atomic E-state index is -1.03. The predicted molar refractivity (Wildman–Crippen MR) is 82.1 cm³/mol. The predicted octanol–water partition coefficient (Wildman–Crippen LogP) is 3.96. The standard InChI is InChI=1S/C14H10Cl3NO3/c15-8-5-10(16)13(11(17)6-8)21-14(20)12(18)7-1-3-9(19)4-2-7/h1-6,12,19H,18H2/t12-/m1/s1. The van der Waals surface area contributed by atoms with E-state index in [-0.39, 0.29) is 21.5 Å². The SMILES string of the molecule is N[C@@H](C(=O)Oc1c(Cl)cc(Cl)cc1Cl)c1ccc(O)cc1.